The van der Waals surface area contributed by atoms with Gasteiger partial charge in [-0.1, -0.05) is 12.1 Å². The van der Waals surface area contributed by atoms with Gasteiger partial charge in [0.25, 0.3) is 0 Å². The molecule has 0 saturated heterocycles. The Kier molecular flexibility index (Phi) is 6.21. The van der Waals surface area contributed by atoms with Crippen LogP contribution in [0, 0.1) is 5.82 Å². The highest BCUT2D eigenvalue weighted by atomic mass is 32.2. The van der Waals surface area contributed by atoms with Crippen LogP contribution in [0.5, 0.6) is 0 Å². The average Bonchev–Trinajstić information content (AvgIpc) is 2.36. The molecule has 0 aliphatic carbocycles. The summed E-state index contributed by atoms with van der Waals surface area (Å²) in [4.78, 5) is 22.8. The van der Waals surface area contributed by atoms with Gasteiger partial charge in [-0.05, 0) is 19.1 Å². The van der Waals surface area contributed by atoms with Crippen molar-refractivity contribution in [1.29, 1.82) is 0 Å². The van der Waals surface area contributed by atoms with E-state index in [1.807, 2.05) is 0 Å². The predicted octanol–water partition coefficient (Wildman–Crippen LogP) is 1.60. The van der Waals surface area contributed by atoms with E-state index in [4.69, 9.17) is 0 Å². The number of carbonyl (C=O) groups excluding carboxylic acids is 2. The van der Waals surface area contributed by atoms with E-state index in [9.17, 15) is 14.0 Å². The SMILES string of the molecule is CCOC(=O)CNC(=O)CSc1ccccc1F. The lowest BCUT2D eigenvalue weighted by molar-refractivity contribution is -0.143. The number of nitrogens with one attached hydrogen (secondary N) is 1. The number of rotatable bonds is 6. The van der Waals surface area contributed by atoms with Gasteiger partial charge in [-0.15, -0.1) is 11.8 Å². The van der Waals surface area contributed by atoms with Gasteiger partial charge in [-0.2, -0.15) is 0 Å². The van der Waals surface area contributed by atoms with Crippen molar-refractivity contribution in [1.82, 2.24) is 5.32 Å². The standard InChI is InChI=1S/C12H14FNO3S/c1-2-17-12(16)7-14-11(15)8-18-10-6-4-3-5-9(10)13/h3-6H,2,7-8H2,1H3,(H,14,15). The number of carbonyl (C=O) groups is 2. The first-order chi connectivity index (χ1) is 8.63. The summed E-state index contributed by atoms with van der Waals surface area (Å²) in [6, 6.07) is 6.21. The highest BCUT2D eigenvalue weighted by Crippen LogP contribution is 2.20. The second-order valence-electron chi connectivity index (χ2n) is 3.30. The Morgan fingerprint density at radius 2 is 2.11 bits per heavy atom. The topological polar surface area (TPSA) is 55.4 Å². The number of thioether (sulfide) groups is 1. The van der Waals surface area contributed by atoms with Crippen molar-refractivity contribution in [2.24, 2.45) is 0 Å². The van der Waals surface area contributed by atoms with Gasteiger partial charge in [0.1, 0.15) is 12.4 Å². The van der Waals surface area contributed by atoms with Crippen molar-refractivity contribution < 1.29 is 18.7 Å². The van der Waals surface area contributed by atoms with Crippen molar-refractivity contribution in [2.45, 2.75) is 11.8 Å². The van der Waals surface area contributed by atoms with Crippen LogP contribution < -0.4 is 5.32 Å². The lowest BCUT2D eigenvalue weighted by Crippen LogP contribution is -2.31. The molecule has 0 saturated carbocycles. The van der Waals surface area contributed by atoms with Crippen LogP contribution in [-0.2, 0) is 14.3 Å². The molecule has 1 rings (SSSR count). The molecule has 4 nitrogen and oxygen atoms in total. The predicted molar refractivity (Wildman–Crippen MR) is 66.8 cm³/mol. The van der Waals surface area contributed by atoms with E-state index < -0.39 is 5.97 Å². The fraction of sp³-hybridized carbons (Fsp3) is 0.333. The maximum Gasteiger partial charge on any atom is 0.325 e. The third kappa shape index (κ3) is 5.18. The third-order valence-corrected chi connectivity index (χ3v) is 2.98. The molecule has 0 spiro atoms. The largest absolute Gasteiger partial charge is 0.465 e. The molecular formula is C12H14FNO3S. The first kappa shape index (κ1) is 14.5. The van der Waals surface area contributed by atoms with Crippen LogP contribution in [-0.4, -0.2) is 30.8 Å². The molecule has 0 radical (unpaired) electrons. The monoisotopic (exact) mass is 271 g/mol. The summed E-state index contributed by atoms with van der Waals surface area (Å²) in [7, 11) is 0. The summed E-state index contributed by atoms with van der Waals surface area (Å²) < 4.78 is 17.9. The fourth-order valence-electron chi connectivity index (χ4n) is 1.14. The Morgan fingerprint density at radius 1 is 1.39 bits per heavy atom. The zero-order valence-electron chi connectivity index (χ0n) is 9.94. The van der Waals surface area contributed by atoms with E-state index >= 15 is 0 Å². The quantitative estimate of drug-likeness (QED) is 0.630. The number of amides is 1. The number of halogens is 1. The Morgan fingerprint density at radius 3 is 2.78 bits per heavy atom. The van der Waals surface area contributed by atoms with Crippen molar-refractivity contribution in [3.05, 3.63) is 30.1 Å². The lowest BCUT2D eigenvalue weighted by Gasteiger charge is -2.05. The van der Waals surface area contributed by atoms with E-state index in [2.05, 4.69) is 10.1 Å². The van der Waals surface area contributed by atoms with Gasteiger partial charge < -0.3 is 10.1 Å². The summed E-state index contributed by atoms with van der Waals surface area (Å²) in [6.45, 7) is 1.80. The molecule has 18 heavy (non-hydrogen) atoms. The Labute approximate surface area is 109 Å². The van der Waals surface area contributed by atoms with E-state index in [0.717, 1.165) is 11.8 Å². The molecule has 0 atom stereocenters. The highest BCUT2D eigenvalue weighted by Gasteiger charge is 2.08. The molecule has 0 aromatic heterocycles. The second kappa shape index (κ2) is 7.71. The van der Waals surface area contributed by atoms with Gasteiger partial charge in [-0.3, -0.25) is 9.59 Å². The van der Waals surface area contributed by atoms with Gasteiger partial charge in [0, 0.05) is 4.90 Å². The Bertz CT molecular complexity index is 426. The summed E-state index contributed by atoms with van der Waals surface area (Å²) in [6.07, 6.45) is 0. The molecule has 98 valence electrons. The van der Waals surface area contributed by atoms with Gasteiger partial charge in [-0.25, -0.2) is 4.39 Å². The summed E-state index contributed by atoms with van der Waals surface area (Å²) in [5.41, 5.74) is 0. The normalized spacial score (nSPS) is 9.89. The number of hydrogen-bond donors (Lipinski definition) is 1. The zero-order valence-corrected chi connectivity index (χ0v) is 10.8. The number of esters is 1. The number of benzene rings is 1. The molecule has 1 amide bonds. The van der Waals surface area contributed by atoms with Crippen LogP contribution in [0.3, 0.4) is 0 Å². The molecule has 0 unspecified atom stereocenters. The van der Waals surface area contributed by atoms with Gasteiger partial charge in [0.05, 0.1) is 12.4 Å². The molecule has 1 aromatic rings. The molecule has 1 aromatic carbocycles. The first-order valence-corrected chi connectivity index (χ1v) is 6.41. The fourth-order valence-corrected chi connectivity index (χ4v) is 1.91. The van der Waals surface area contributed by atoms with Crippen molar-refractivity contribution in [2.75, 3.05) is 18.9 Å². The van der Waals surface area contributed by atoms with E-state index in [-0.39, 0.29) is 30.6 Å². The molecule has 0 fully saturated rings. The molecule has 1 N–H and O–H groups in total. The van der Waals surface area contributed by atoms with Crippen LogP contribution in [0.1, 0.15) is 6.92 Å². The van der Waals surface area contributed by atoms with E-state index in [0.29, 0.717) is 4.90 Å². The van der Waals surface area contributed by atoms with Crippen LogP contribution in [0.4, 0.5) is 4.39 Å². The average molecular weight is 271 g/mol. The number of hydrogen-bond acceptors (Lipinski definition) is 4. The highest BCUT2D eigenvalue weighted by molar-refractivity contribution is 8.00. The molecule has 6 heteroatoms. The number of ether oxygens (including phenoxy) is 1. The third-order valence-electron chi connectivity index (χ3n) is 1.93. The minimum atomic E-state index is -0.484. The van der Waals surface area contributed by atoms with Crippen LogP contribution in [0.25, 0.3) is 0 Å². The zero-order chi connectivity index (χ0) is 13.4. The van der Waals surface area contributed by atoms with Crippen molar-refractivity contribution >= 4 is 23.6 Å². The molecule has 0 aliphatic heterocycles. The molecule has 0 heterocycles. The lowest BCUT2D eigenvalue weighted by atomic mass is 10.3. The smallest absolute Gasteiger partial charge is 0.325 e. The van der Waals surface area contributed by atoms with Gasteiger partial charge in [0.15, 0.2) is 0 Å². The minimum Gasteiger partial charge on any atom is -0.465 e. The van der Waals surface area contributed by atoms with Crippen LogP contribution in [0.2, 0.25) is 0 Å². The maximum absolute atomic E-state index is 13.2. The van der Waals surface area contributed by atoms with Crippen molar-refractivity contribution in [3.8, 4) is 0 Å². The minimum absolute atomic E-state index is 0.0559. The van der Waals surface area contributed by atoms with Crippen LogP contribution in [0.15, 0.2) is 29.2 Å². The van der Waals surface area contributed by atoms with E-state index in [1.165, 1.54) is 6.07 Å². The maximum atomic E-state index is 13.2. The molecule has 0 aliphatic rings. The Hall–Kier alpha value is -1.56. The summed E-state index contributed by atoms with van der Waals surface area (Å²) in [5.74, 6) is -1.13. The summed E-state index contributed by atoms with van der Waals surface area (Å²) >= 11 is 1.08. The first-order valence-electron chi connectivity index (χ1n) is 5.43. The van der Waals surface area contributed by atoms with Crippen LogP contribution >= 0.6 is 11.8 Å². The van der Waals surface area contributed by atoms with Gasteiger partial charge in [0.2, 0.25) is 5.91 Å². The summed E-state index contributed by atoms with van der Waals surface area (Å²) in [5, 5.41) is 2.40. The van der Waals surface area contributed by atoms with E-state index in [1.54, 1.807) is 25.1 Å². The van der Waals surface area contributed by atoms with Gasteiger partial charge >= 0.3 is 5.97 Å². The molecular weight excluding hydrogens is 257 g/mol. The second-order valence-corrected chi connectivity index (χ2v) is 4.32. The Balaban J connectivity index is 2.29. The molecule has 0 bridgehead atoms. The van der Waals surface area contributed by atoms with Crippen molar-refractivity contribution in [3.63, 3.8) is 0 Å².